The third-order valence-corrected chi connectivity index (χ3v) is 2.73. The monoisotopic (exact) mass is 292 g/mol. The Morgan fingerprint density at radius 1 is 1.19 bits per heavy atom. The Morgan fingerprint density at radius 3 is 2.19 bits per heavy atom. The second-order valence-corrected chi connectivity index (χ2v) is 4.53. The van der Waals surface area contributed by atoms with Gasteiger partial charge in [0.15, 0.2) is 0 Å². The second-order valence-electron chi connectivity index (χ2n) is 4.53. The van der Waals surface area contributed by atoms with Crippen molar-refractivity contribution in [2.75, 3.05) is 6.54 Å². The first kappa shape index (κ1) is 16.4. The van der Waals surface area contributed by atoms with Gasteiger partial charge in [-0.1, -0.05) is 18.2 Å². The van der Waals surface area contributed by atoms with E-state index in [0.29, 0.717) is 0 Å². The summed E-state index contributed by atoms with van der Waals surface area (Å²) in [6.07, 6.45) is -0.554. The summed E-state index contributed by atoms with van der Waals surface area (Å²) in [6, 6.07) is 6.45. The summed E-state index contributed by atoms with van der Waals surface area (Å²) < 4.78 is 0. The topological polar surface area (TPSA) is 118 Å². The molecule has 2 amide bonds. The molecular formula is C14H16N2O5. The lowest BCUT2D eigenvalue weighted by atomic mass is 10.1. The van der Waals surface area contributed by atoms with Gasteiger partial charge in [-0.3, -0.25) is 14.4 Å². The highest BCUT2D eigenvalue weighted by Crippen LogP contribution is 2.12. The number of Topliss-reactive ketones (excluding diaryl/α,β-unsaturated/α-hetero) is 1. The molecule has 1 rings (SSSR count). The maximum atomic E-state index is 12.4. The molecule has 0 aliphatic rings. The molecule has 7 nitrogen and oxygen atoms in total. The zero-order valence-corrected chi connectivity index (χ0v) is 11.5. The molecule has 0 spiro atoms. The summed E-state index contributed by atoms with van der Waals surface area (Å²) >= 11 is 0. The van der Waals surface area contributed by atoms with Crippen molar-refractivity contribution in [2.45, 2.75) is 19.4 Å². The van der Waals surface area contributed by atoms with E-state index < -0.39 is 42.6 Å². The molecule has 0 aliphatic heterocycles. The highest BCUT2D eigenvalue weighted by molar-refractivity contribution is 5.99. The number of primary amides is 1. The number of hydrogen-bond acceptors (Lipinski definition) is 4. The molecule has 0 radical (unpaired) electrons. The number of carboxylic acids is 1. The zero-order valence-electron chi connectivity index (χ0n) is 11.5. The standard InChI is InChI=1S/C14H16N2O5/c1-9(17)8-16(11(14(20)21)7-12(15)18)13(19)10-5-3-2-4-6-10/h2-6,11H,7-8H2,1H3,(H2,15,18)(H,20,21)/t11-/m0/s1. The molecule has 0 unspecified atom stereocenters. The van der Waals surface area contributed by atoms with Gasteiger partial charge in [0.25, 0.3) is 5.91 Å². The third-order valence-electron chi connectivity index (χ3n) is 2.73. The molecule has 0 bridgehead atoms. The van der Waals surface area contributed by atoms with Gasteiger partial charge in [0.1, 0.15) is 11.8 Å². The van der Waals surface area contributed by atoms with Crippen LogP contribution >= 0.6 is 0 Å². The van der Waals surface area contributed by atoms with Gasteiger partial charge in [-0.25, -0.2) is 4.79 Å². The quantitative estimate of drug-likeness (QED) is 0.736. The van der Waals surface area contributed by atoms with E-state index in [9.17, 15) is 24.3 Å². The van der Waals surface area contributed by atoms with Crippen LogP contribution in [0.25, 0.3) is 0 Å². The summed E-state index contributed by atoms with van der Waals surface area (Å²) in [6.45, 7) is 0.826. The Morgan fingerprint density at radius 2 is 1.76 bits per heavy atom. The predicted octanol–water partition coefficient (Wildman–Crippen LogP) is 0.0464. The lowest BCUT2D eigenvalue weighted by Crippen LogP contribution is -2.49. The van der Waals surface area contributed by atoms with Crippen LogP contribution in [0.2, 0.25) is 0 Å². The van der Waals surface area contributed by atoms with Gasteiger partial charge in [0, 0.05) is 5.56 Å². The van der Waals surface area contributed by atoms with Gasteiger partial charge in [-0.2, -0.15) is 0 Å². The van der Waals surface area contributed by atoms with Crippen molar-refractivity contribution in [1.82, 2.24) is 4.90 Å². The van der Waals surface area contributed by atoms with Crippen LogP contribution in [0.1, 0.15) is 23.7 Å². The second kappa shape index (κ2) is 7.18. The largest absolute Gasteiger partial charge is 0.480 e. The van der Waals surface area contributed by atoms with Crippen molar-refractivity contribution in [1.29, 1.82) is 0 Å². The first-order valence-electron chi connectivity index (χ1n) is 6.19. The van der Waals surface area contributed by atoms with Crippen LogP contribution in [0.3, 0.4) is 0 Å². The van der Waals surface area contributed by atoms with E-state index in [1.165, 1.54) is 19.1 Å². The van der Waals surface area contributed by atoms with Gasteiger partial charge in [-0.05, 0) is 19.1 Å². The van der Waals surface area contributed by atoms with Crippen LogP contribution in [0.5, 0.6) is 0 Å². The Hall–Kier alpha value is -2.70. The summed E-state index contributed by atoms with van der Waals surface area (Å²) in [5.74, 6) is -3.29. The number of carbonyl (C=O) groups is 4. The molecule has 1 aromatic rings. The van der Waals surface area contributed by atoms with E-state index in [1.54, 1.807) is 18.2 Å². The molecular weight excluding hydrogens is 276 g/mol. The minimum Gasteiger partial charge on any atom is -0.480 e. The fraction of sp³-hybridized carbons (Fsp3) is 0.286. The normalized spacial score (nSPS) is 11.5. The number of ketones is 1. The predicted molar refractivity (Wildman–Crippen MR) is 73.4 cm³/mol. The molecule has 0 saturated heterocycles. The molecule has 1 atom stereocenters. The zero-order chi connectivity index (χ0) is 16.0. The van der Waals surface area contributed by atoms with E-state index in [2.05, 4.69) is 0 Å². The van der Waals surface area contributed by atoms with Gasteiger partial charge < -0.3 is 15.7 Å². The van der Waals surface area contributed by atoms with Crippen LogP contribution in [0, 0.1) is 0 Å². The molecule has 0 saturated carbocycles. The van der Waals surface area contributed by atoms with E-state index in [0.717, 1.165) is 4.90 Å². The summed E-state index contributed by atoms with van der Waals surface area (Å²) in [7, 11) is 0. The number of aliphatic carboxylic acids is 1. The number of nitrogens with zero attached hydrogens (tertiary/aromatic N) is 1. The Kier molecular flexibility index (Phi) is 5.59. The first-order chi connectivity index (χ1) is 9.82. The van der Waals surface area contributed by atoms with Gasteiger partial charge in [0.05, 0.1) is 13.0 Å². The summed E-state index contributed by atoms with van der Waals surface area (Å²) in [5, 5.41) is 9.19. The van der Waals surface area contributed by atoms with Crippen molar-refractivity contribution in [3.8, 4) is 0 Å². The van der Waals surface area contributed by atoms with Crippen LogP contribution in [-0.4, -0.2) is 46.2 Å². The molecule has 3 N–H and O–H groups in total. The fourth-order valence-electron chi connectivity index (χ4n) is 1.83. The number of nitrogens with two attached hydrogens (primary N) is 1. The maximum Gasteiger partial charge on any atom is 0.326 e. The van der Waals surface area contributed by atoms with E-state index in [1.807, 2.05) is 0 Å². The van der Waals surface area contributed by atoms with Crippen LogP contribution in [-0.2, 0) is 14.4 Å². The SMILES string of the molecule is CC(=O)CN(C(=O)c1ccccc1)[C@@H](CC(N)=O)C(=O)O. The average Bonchev–Trinajstić information content (AvgIpc) is 2.42. The molecule has 0 fully saturated rings. The van der Waals surface area contributed by atoms with Crippen molar-refractivity contribution in [3.63, 3.8) is 0 Å². The Balaban J connectivity index is 3.13. The van der Waals surface area contributed by atoms with Gasteiger partial charge >= 0.3 is 5.97 Å². The summed E-state index contributed by atoms with van der Waals surface area (Å²) in [4.78, 5) is 46.8. The maximum absolute atomic E-state index is 12.4. The average molecular weight is 292 g/mol. The van der Waals surface area contributed by atoms with Gasteiger partial charge in [0.2, 0.25) is 5.91 Å². The highest BCUT2D eigenvalue weighted by atomic mass is 16.4. The lowest BCUT2D eigenvalue weighted by Gasteiger charge is -2.27. The number of carboxylic acid groups (broad SMARTS) is 1. The van der Waals surface area contributed by atoms with E-state index in [-0.39, 0.29) is 5.56 Å². The fourth-order valence-corrected chi connectivity index (χ4v) is 1.83. The number of rotatable bonds is 7. The highest BCUT2D eigenvalue weighted by Gasteiger charge is 2.32. The van der Waals surface area contributed by atoms with E-state index >= 15 is 0 Å². The molecule has 0 heterocycles. The molecule has 0 aromatic heterocycles. The van der Waals surface area contributed by atoms with Crippen LogP contribution in [0.15, 0.2) is 30.3 Å². The molecule has 0 aliphatic carbocycles. The van der Waals surface area contributed by atoms with Crippen molar-refractivity contribution in [3.05, 3.63) is 35.9 Å². The van der Waals surface area contributed by atoms with Crippen molar-refractivity contribution < 1.29 is 24.3 Å². The Bertz CT molecular complexity index is 556. The minimum absolute atomic E-state index is 0.231. The number of amides is 2. The Labute approximate surface area is 121 Å². The third kappa shape index (κ3) is 4.72. The smallest absolute Gasteiger partial charge is 0.326 e. The molecule has 7 heteroatoms. The van der Waals surface area contributed by atoms with E-state index in [4.69, 9.17) is 5.73 Å². The van der Waals surface area contributed by atoms with Crippen LogP contribution in [0.4, 0.5) is 0 Å². The van der Waals surface area contributed by atoms with Crippen molar-refractivity contribution in [2.24, 2.45) is 5.73 Å². The number of carbonyl (C=O) groups excluding carboxylic acids is 3. The van der Waals surface area contributed by atoms with Crippen molar-refractivity contribution >= 4 is 23.6 Å². The number of hydrogen-bond donors (Lipinski definition) is 2. The molecule has 112 valence electrons. The van der Waals surface area contributed by atoms with Gasteiger partial charge in [-0.15, -0.1) is 0 Å². The summed E-state index contributed by atoms with van der Waals surface area (Å²) in [5.41, 5.74) is 5.24. The van der Waals surface area contributed by atoms with Crippen LogP contribution < -0.4 is 5.73 Å². The minimum atomic E-state index is -1.47. The first-order valence-corrected chi connectivity index (χ1v) is 6.19. The lowest BCUT2D eigenvalue weighted by molar-refractivity contribution is -0.144. The molecule has 21 heavy (non-hydrogen) atoms. The number of benzene rings is 1. The molecule has 1 aromatic carbocycles.